The van der Waals surface area contributed by atoms with Crippen LogP contribution in [0.2, 0.25) is 0 Å². The molecule has 1 aliphatic rings. The topological polar surface area (TPSA) is 65.2 Å². The first-order valence-electron chi connectivity index (χ1n) is 8.92. The van der Waals surface area contributed by atoms with Gasteiger partial charge in [-0.2, -0.15) is 0 Å². The van der Waals surface area contributed by atoms with Gasteiger partial charge in [0.25, 0.3) is 5.91 Å². The van der Waals surface area contributed by atoms with E-state index in [-0.39, 0.29) is 11.9 Å². The zero-order valence-corrected chi connectivity index (χ0v) is 15.3. The second-order valence-corrected chi connectivity index (χ2v) is 6.63. The lowest BCUT2D eigenvalue weighted by Crippen LogP contribution is -2.42. The standard InChI is InChI=1S/C19H23N5O2/c1-4-24-16-9-10-23(17(12-26-3)18(16)20-21-24)19(25)14-11-22(2)15-8-6-5-7-13(14)15/h5-8,11,17H,4,9-10,12H2,1-3H3. The van der Waals surface area contributed by atoms with Gasteiger partial charge < -0.3 is 14.2 Å². The lowest BCUT2D eigenvalue weighted by atomic mass is 10.0. The average Bonchev–Trinajstić information content (AvgIpc) is 3.23. The fourth-order valence-electron chi connectivity index (χ4n) is 3.88. The molecule has 0 bridgehead atoms. The quantitative estimate of drug-likeness (QED) is 0.721. The number of para-hydroxylation sites is 1. The Morgan fingerprint density at radius 3 is 2.92 bits per heavy atom. The summed E-state index contributed by atoms with van der Waals surface area (Å²) in [6.45, 7) is 3.87. The van der Waals surface area contributed by atoms with Crippen molar-refractivity contribution >= 4 is 16.8 Å². The van der Waals surface area contributed by atoms with E-state index in [1.807, 2.05) is 58.6 Å². The third-order valence-corrected chi connectivity index (χ3v) is 5.16. The molecule has 0 N–H and O–H groups in total. The third-order valence-electron chi connectivity index (χ3n) is 5.16. The van der Waals surface area contributed by atoms with Crippen LogP contribution in [0.15, 0.2) is 30.5 Å². The summed E-state index contributed by atoms with van der Waals surface area (Å²) in [6.07, 6.45) is 2.67. The van der Waals surface area contributed by atoms with Crippen LogP contribution in [0, 0.1) is 0 Å². The molecule has 0 fully saturated rings. The fourth-order valence-corrected chi connectivity index (χ4v) is 3.88. The maximum atomic E-state index is 13.4. The van der Waals surface area contributed by atoms with Crippen LogP contribution in [0.5, 0.6) is 0 Å². The summed E-state index contributed by atoms with van der Waals surface area (Å²) in [5.74, 6) is 0.0144. The molecule has 7 heteroatoms. The molecule has 1 aliphatic heterocycles. The van der Waals surface area contributed by atoms with Gasteiger partial charge >= 0.3 is 0 Å². The number of nitrogens with zero attached hydrogens (tertiary/aromatic N) is 5. The Labute approximate surface area is 152 Å². The highest BCUT2D eigenvalue weighted by Gasteiger charge is 2.36. The van der Waals surface area contributed by atoms with Crippen LogP contribution in [-0.2, 0) is 24.8 Å². The van der Waals surface area contributed by atoms with Gasteiger partial charge in [-0.05, 0) is 13.0 Å². The summed E-state index contributed by atoms with van der Waals surface area (Å²) in [5.41, 5.74) is 3.73. The molecule has 0 radical (unpaired) electrons. The third kappa shape index (κ3) is 2.50. The molecule has 1 unspecified atom stereocenters. The SMILES string of the molecule is CCn1nnc2c1CCN(C(=O)c1cn(C)c3ccccc13)C2COC. The van der Waals surface area contributed by atoms with E-state index in [0.717, 1.165) is 40.8 Å². The maximum absolute atomic E-state index is 13.4. The number of amides is 1. The number of carbonyl (C=O) groups is 1. The Morgan fingerprint density at radius 1 is 1.35 bits per heavy atom. The average molecular weight is 353 g/mol. The molecule has 2 aromatic heterocycles. The predicted molar refractivity (Wildman–Crippen MR) is 98.0 cm³/mol. The summed E-state index contributed by atoms with van der Waals surface area (Å²) < 4.78 is 9.32. The molecule has 1 aromatic carbocycles. The van der Waals surface area contributed by atoms with Gasteiger partial charge in [0.15, 0.2) is 0 Å². The van der Waals surface area contributed by atoms with Crippen molar-refractivity contribution in [2.45, 2.75) is 25.9 Å². The van der Waals surface area contributed by atoms with Gasteiger partial charge in [0.1, 0.15) is 11.7 Å². The minimum absolute atomic E-state index is 0.0144. The van der Waals surface area contributed by atoms with Gasteiger partial charge in [0, 0.05) is 50.8 Å². The highest BCUT2D eigenvalue weighted by atomic mass is 16.5. The highest BCUT2D eigenvalue weighted by molar-refractivity contribution is 6.07. The van der Waals surface area contributed by atoms with E-state index in [1.165, 1.54) is 0 Å². The van der Waals surface area contributed by atoms with Crippen molar-refractivity contribution in [3.63, 3.8) is 0 Å². The summed E-state index contributed by atoms with van der Waals surface area (Å²) in [4.78, 5) is 15.3. The molecule has 0 spiro atoms. The van der Waals surface area contributed by atoms with Crippen LogP contribution >= 0.6 is 0 Å². The van der Waals surface area contributed by atoms with Crippen molar-refractivity contribution in [1.82, 2.24) is 24.5 Å². The van der Waals surface area contributed by atoms with Crippen LogP contribution in [-0.4, -0.2) is 50.6 Å². The minimum Gasteiger partial charge on any atom is -0.382 e. The second-order valence-electron chi connectivity index (χ2n) is 6.63. The van der Waals surface area contributed by atoms with Gasteiger partial charge in [-0.15, -0.1) is 5.10 Å². The largest absolute Gasteiger partial charge is 0.382 e. The molecule has 136 valence electrons. The summed E-state index contributed by atoms with van der Waals surface area (Å²) in [7, 11) is 3.62. The lowest BCUT2D eigenvalue weighted by molar-refractivity contribution is 0.0492. The monoisotopic (exact) mass is 353 g/mol. The Kier molecular flexibility index (Phi) is 4.24. The minimum atomic E-state index is -0.212. The summed E-state index contributed by atoms with van der Waals surface area (Å²) in [5, 5.41) is 9.57. The number of carbonyl (C=O) groups excluding carboxylic acids is 1. The maximum Gasteiger partial charge on any atom is 0.256 e. The number of benzene rings is 1. The van der Waals surface area contributed by atoms with Gasteiger partial charge in [0.05, 0.1) is 17.9 Å². The van der Waals surface area contributed by atoms with Gasteiger partial charge in [-0.3, -0.25) is 4.79 Å². The lowest BCUT2D eigenvalue weighted by Gasteiger charge is -2.34. The van der Waals surface area contributed by atoms with Crippen molar-refractivity contribution in [1.29, 1.82) is 0 Å². The molecular weight excluding hydrogens is 330 g/mol. The van der Waals surface area contributed by atoms with E-state index in [2.05, 4.69) is 10.3 Å². The Balaban J connectivity index is 1.75. The number of methoxy groups -OCH3 is 1. The second kappa shape index (κ2) is 6.57. The van der Waals surface area contributed by atoms with E-state index < -0.39 is 0 Å². The zero-order chi connectivity index (χ0) is 18.3. The number of rotatable bonds is 4. The zero-order valence-electron chi connectivity index (χ0n) is 15.3. The Hall–Kier alpha value is -2.67. The number of aryl methyl sites for hydroxylation is 2. The Morgan fingerprint density at radius 2 is 2.15 bits per heavy atom. The van der Waals surface area contributed by atoms with Crippen LogP contribution in [0.4, 0.5) is 0 Å². The van der Waals surface area contributed by atoms with E-state index in [4.69, 9.17) is 4.74 Å². The number of fused-ring (bicyclic) bond motifs is 2. The molecule has 1 atom stereocenters. The number of hydrogen-bond acceptors (Lipinski definition) is 4. The predicted octanol–water partition coefficient (Wildman–Crippen LogP) is 2.18. The number of hydrogen-bond donors (Lipinski definition) is 0. The molecule has 4 rings (SSSR count). The van der Waals surface area contributed by atoms with Gasteiger partial charge in [-0.25, -0.2) is 4.68 Å². The number of ether oxygens (including phenoxy) is 1. The van der Waals surface area contributed by atoms with Crippen LogP contribution < -0.4 is 0 Å². The van der Waals surface area contributed by atoms with E-state index in [0.29, 0.717) is 13.2 Å². The van der Waals surface area contributed by atoms with Crippen molar-refractivity contribution in [3.05, 3.63) is 47.4 Å². The first kappa shape index (κ1) is 16.8. The summed E-state index contributed by atoms with van der Waals surface area (Å²) in [6, 6.07) is 7.76. The smallest absolute Gasteiger partial charge is 0.256 e. The normalized spacial score (nSPS) is 16.9. The molecule has 0 saturated heterocycles. The van der Waals surface area contributed by atoms with E-state index in [9.17, 15) is 4.79 Å². The molecule has 7 nitrogen and oxygen atoms in total. The van der Waals surface area contributed by atoms with E-state index >= 15 is 0 Å². The van der Waals surface area contributed by atoms with Gasteiger partial charge in [0.2, 0.25) is 0 Å². The van der Waals surface area contributed by atoms with Crippen molar-refractivity contribution in [2.75, 3.05) is 20.3 Å². The van der Waals surface area contributed by atoms with Gasteiger partial charge in [-0.1, -0.05) is 23.4 Å². The molecule has 3 aromatic rings. The van der Waals surface area contributed by atoms with E-state index in [1.54, 1.807) is 7.11 Å². The molecule has 26 heavy (non-hydrogen) atoms. The van der Waals surface area contributed by atoms with Crippen LogP contribution in [0.3, 0.4) is 0 Å². The molecule has 0 saturated carbocycles. The van der Waals surface area contributed by atoms with Crippen LogP contribution in [0.1, 0.15) is 34.7 Å². The highest BCUT2D eigenvalue weighted by Crippen LogP contribution is 2.31. The molecule has 0 aliphatic carbocycles. The molecule has 1 amide bonds. The summed E-state index contributed by atoms with van der Waals surface area (Å²) >= 11 is 0. The molecular formula is C19H23N5O2. The van der Waals surface area contributed by atoms with Crippen molar-refractivity contribution < 1.29 is 9.53 Å². The van der Waals surface area contributed by atoms with Crippen molar-refractivity contribution in [3.8, 4) is 0 Å². The molecule has 3 heterocycles. The Bertz CT molecular complexity index is 958. The first-order valence-corrected chi connectivity index (χ1v) is 8.92. The number of aromatic nitrogens is 4. The first-order chi connectivity index (χ1) is 12.7. The van der Waals surface area contributed by atoms with Crippen molar-refractivity contribution in [2.24, 2.45) is 7.05 Å². The van der Waals surface area contributed by atoms with Crippen LogP contribution in [0.25, 0.3) is 10.9 Å². The fraction of sp³-hybridized carbons (Fsp3) is 0.421.